The highest BCUT2D eigenvalue weighted by Gasteiger charge is 2.16. The minimum absolute atomic E-state index is 0.132. The molecule has 0 saturated carbocycles. The molecule has 0 aliphatic heterocycles. The van der Waals surface area contributed by atoms with Gasteiger partial charge in [0.2, 0.25) is 5.91 Å². The molecule has 33 heavy (non-hydrogen) atoms. The molecule has 0 radical (unpaired) electrons. The molecule has 0 aliphatic carbocycles. The third-order valence-corrected chi connectivity index (χ3v) is 6.31. The molecule has 0 spiro atoms. The van der Waals surface area contributed by atoms with Gasteiger partial charge in [-0.3, -0.25) is 18.7 Å². The SMILES string of the molecule is N#Cc1ccccc1Cn1c(=O)n(CCCC(=O)NCc2ccccc2)c(=O)c2sccc21. The Balaban J connectivity index is 1.52. The Morgan fingerprint density at radius 1 is 1.00 bits per heavy atom. The van der Waals surface area contributed by atoms with Gasteiger partial charge in [0, 0.05) is 19.5 Å². The van der Waals surface area contributed by atoms with E-state index in [9.17, 15) is 19.6 Å². The first-order chi connectivity index (χ1) is 16.1. The van der Waals surface area contributed by atoms with Gasteiger partial charge < -0.3 is 5.32 Å². The number of hydrogen-bond donors (Lipinski definition) is 1. The average molecular weight is 459 g/mol. The Hall–Kier alpha value is -3.96. The first kappa shape index (κ1) is 22.2. The van der Waals surface area contributed by atoms with Crippen LogP contribution in [0.5, 0.6) is 0 Å². The second-order valence-electron chi connectivity index (χ2n) is 7.60. The van der Waals surface area contributed by atoms with E-state index < -0.39 is 5.69 Å². The maximum absolute atomic E-state index is 13.2. The summed E-state index contributed by atoms with van der Waals surface area (Å²) >= 11 is 1.28. The van der Waals surface area contributed by atoms with Gasteiger partial charge in [-0.15, -0.1) is 11.3 Å². The van der Waals surface area contributed by atoms with E-state index in [0.29, 0.717) is 34.3 Å². The normalized spacial score (nSPS) is 10.8. The summed E-state index contributed by atoms with van der Waals surface area (Å²) in [6.07, 6.45) is 0.569. The minimum atomic E-state index is -0.441. The lowest BCUT2D eigenvalue weighted by Crippen LogP contribution is -2.40. The topological polar surface area (TPSA) is 96.9 Å². The zero-order valence-corrected chi connectivity index (χ0v) is 18.7. The van der Waals surface area contributed by atoms with Crippen molar-refractivity contribution in [3.63, 3.8) is 0 Å². The number of aromatic nitrogens is 2. The lowest BCUT2D eigenvalue weighted by molar-refractivity contribution is -0.121. The predicted molar refractivity (Wildman–Crippen MR) is 128 cm³/mol. The van der Waals surface area contributed by atoms with Crippen molar-refractivity contribution in [3.8, 4) is 6.07 Å². The van der Waals surface area contributed by atoms with Gasteiger partial charge in [-0.05, 0) is 35.1 Å². The summed E-state index contributed by atoms with van der Waals surface area (Å²) < 4.78 is 3.20. The van der Waals surface area contributed by atoms with Gasteiger partial charge in [-0.25, -0.2) is 4.79 Å². The molecule has 4 rings (SSSR count). The zero-order chi connectivity index (χ0) is 23.2. The van der Waals surface area contributed by atoms with E-state index in [-0.39, 0.29) is 31.0 Å². The summed E-state index contributed by atoms with van der Waals surface area (Å²) in [5.74, 6) is -0.132. The monoisotopic (exact) mass is 458 g/mol. The predicted octanol–water partition coefficient (Wildman–Crippen LogP) is 3.24. The lowest BCUT2D eigenvalue weighted by atomic mass is 10.1. The van der Waals surface area contributed by atoms with Crippen molar-refractivity contribution in [3.05, 3.63) is 104 Å². The number of fused-ring (bicyclic) bond motifs is 1. The van der Waals surface area contributed by atoms with Crippen LogP contribution in [0.1, 0.15) is 29.5 Å². The minimum Gasteiger partial charge on any atom is -0.352 e. The first-order valence-corrected chi connectivity index (χ1v) is 11.5. The molecule has 8 heteroatoms. The number of benzene rings is 2. The van der Waals surface area contributed by atoms with Crippen LogP contribution in [0.2, 0.25) is 0 Å². The number of nitrogens with zero attached hydrogens (tertiary/aromatic N) is 3. The molecule has 0 fully saturated rings. The van der Waals surface area contributed by atoms with Crippen molar-refractivity contribution in [1.29, 1.82) is 5.26 Å². The van der Waals surface area contributed by atoms with Gasteiger partial charge in [-0.1, -0.05) is 48.5 Å². The Labute approximate surface area is 194 Å². The van der Waals surface area contributed by atoms with E-state index >= 15 is 0 Å². The summed E-state index contributed by atoms with van der Waals surface area (Å²) in [4.78, 5) is 38.4. The van der Waals surface area contributed by atoms with Gasteiger partial charge in [0.1, 0.15) is 4.70 Å². The van der Waals surface area contributed by atoms with E-state index in [1.165, 1.54) is 20.5 Å². The molecule has 0 atom stereocenters. The van der Waals surface area contributed by atoms with Crippen molar-refractivity contribution in [2.45, 2.75) is 32.5 Å². The Morgan fingerprint density at radius 2 is 1.76 bits per heavy atom. The number of nitriles is 1. The third kappa shape index (κ3) is 4.94. The Morgan fingerprint density at radius 3 is 2.55 bits per heavy atom. The maximum atomic E-state index is 13.2. The van der Waals surface area contributed by atoms with Crippen molar-refractivity contribution in [1.82, 2.24) is 14.5 Å². The summed E-state index contributed by atoms with van der Waals surface area (Å²) in [5.41, 5.74) is 1.97. The van der Waals surface area contributed by atoms with Crippen LogP contribution in [0.25, 0.3) is 10.2 Å². The number of nitrogens with one attached hydrogen (secondary N) is 1. The highest BCUT2D eigenvalue weighted by atomic mass is 32.1. The number of amides is 1. The van der Waals surface area contributed by atoms with Crippen LogP contribution in [0.15, 0.2) is 75.6 Å². The molecule has 0 aliphatic rings. The number of carbonyl (C=O) groups is 1. The summed E-state index contributed by atoms with van der Waals surface area (Å²) in [5, 5.41) is 14.0. The molecule has 0 unspecified atom stereocenters. The number of hydrogen-bond acceptors (Lipinski definition) is 5. The standard InChI is InChI=1S/C25H22N4O3S/c26-15-19-9-4-5-10-20(19)17-29-21-12-14-33-23(21)24(31)28(25(29)32)13-6-11-22(30)27-16-18-7-2-1-3-8-18/h1-5,7-10,12,14H,6,11,13,16-17H2,(H,27,30). The van der Waals surface area contributed by atoms with E-state index in [0.717, 1.165) is 5.56 Å². The van der Waals surface area contributed by atoms with Gasteiger partial charge in [-0.2, -0.15) is 5.26 Å². The fourth-order valence-corrected chi connectivity index (χ4v) is 4.55. The first-order valence-electron chi connectivity index (χ1n) is 10.6. The lowest BCUT2D eigenvalue weighted by Gasteiger charge is -2.13. The summed E-state index contributed by atoms with van der Waals surface area (Å²) in [6, 6.07) is 20.6. The molecule has 1 N–H and O–H groups in total. The fraction of sp³-hybridized carbons (Fsp3) is 0.200. The smallest absolute Gasteiger partial charge is 0.331 e. The highest BCUT2D eigenvalue weighted by Crippen LogP contribution is 2.17. The van der Waals surface area contributed by atoms with Crippen LogP contribution < -0.4 is 16.6 Å². The van der Waals surface area contributed by atoms with E-state index in [1.54, 1.807) is 29.6 Å². The van der Waals surface area contributed by atoms with Crippen LogP contribution >= 0.6 is 11.3 Å². The molecular weight excluding hydrogens is 436 g/mol. The number of thiophene rings is 1. The number of rotatable bonds is 8. The van der Waals surface area contributed by atoms with Crippen LogP contribution in [0.3, 0.4) is 0 Å². The fourth-order valence-electron chi connectivity index (χ4n) is 3.70. The summed E-state index contributed by atoms with van der Waals surface area (Å²) in [7, 11) is 0. The van der Waals surface area contributed by atoms with Gasteiger partial charge in [0.25, 0.3) is 5.56 Å². The molecule has 7 nitrogen and oxygen atoms in total. The third-order valence-electron chi connectivity index (χ3n) is 5.42. The number of carbonyl (C=O) groups excluding carboxylic acids is 1. The molecule has 2 heterocycles. The summed E-state index contributed by atoms with van der Waals surface area (Å²) in [6.45, 7) is 0.768. The van der Waals surface area contributed by atoms with Crippen molar-refractivity contribution >= 4 is 27.5 Å². The molecule has 1 amide bonds. The highest BCUT2D eigenvalue weighted by molar-refractivity contribution is 7.17. The van der Waals surface area contributed by atoms with Crippen LogP contribution in [-0.4, -0.2) is 15.0 Å². The second kappa shape index (κ2) is 10.1. The molecule has 2 aromatic heterocycles. The Bertz CT molecular complexity index is 1440. The zero-order valence-electron chi connectivity index (χ0n) is 17.9. The van der Waals surface area contributed by atoms with Gasteiger partial charge in [0.05, 0.1) is 23.7 Å². The second-order valence-corrected chi connectivity index (χ2v) is 8.51. The quantitative estimate of drug-likeness (QED) is 0.438. The van der Waals surface area contributed by atoms with Gasteiger partial charge >= 0.3 is 5.69 Å². The van der Waals surface area contributed by atoms with Crippen LogP contribution in [0, 0.1) is 11.3 Å². The molecular formula is C25H22N4O3S. The van der Waals surface area contributed by atoms with Crippen molar-refractivity contribution < 1.29 is 4.79 Å². The van der Waals surface area contributed by atoms with E-state index in [2.05, 4.69) is 11.4 Å². The molecule has 0 bridgehead atoms. The maximum Gasteiger partial charge on any atom is 0.331 e. The van der Waals surface area contributed by atoms with Crippen LogP contribution in [-0.2, 0) is 24.4 Å². The van der Waals surface area contributed by atoms with E-state index in [4.69, 9.17) is 0 Å². The van der Waals surface area contributed by atoms with E-state index in [1.807, 2.05) is 36.4 Å². The molecule has 2 aromatic carbocycles. The Kier molecular flexibility index (Phi) is 6.81. The van der Waals surface area contributed by atoms with Crippen molar-refractivity contribution in [2.24, 2.45) is 0 Å². The molecule has 4 aromatic rings. The molecule has 0 saturated heterocycles. The van der Waals surface area contributed by atoms with Crippen molar-refractivity contribution in [2.75, 3.05) is 0 Å². The average Bonchev–Trinajstić information content (AvgIpc) is 3.33. The molecule has 166 valence electrons. The van der Waals surface area contributed by atoms with Crippen LogP contribution in [0.4, 0.5) is 0 Å². The van der Waals surface area contributed by atoms with Gasteiger partial charge in [0.15, 0.2) is 0 Å². The largest absolute Gasteiger partial charge is 0.352 e.